The molecule has 0 aliphatic heterocycles. The minimum absolute atomic E-state index is 0. The van der Waals surface area contributed by atoms with Gasteiger partial charge in [0.2, 0.25) is 0 Å². The second kappa shape index (κ2) is 6.20. The van der Waals surface area contributed by atoms with Gasteiger partial charge in [-0.2, -0.15) is 0 Å². The SMILES string of the molecule is C[CH]c1ccccc1OC.[KH]. The van der Waals surface area contributed by atoms with Crippen LogP contribution in [0.3, 0.4) is 0 Å². The summed E-state index contributed by atoms with van der Waals surface area (Å²) in [5.41, 5.74) is 1.14. The van der Waals surface area contributed by atoms with Gasteiger partial charge in [0.05, 0.1) is 7.11 Å². The Balaban J connectivity index is 0.000001000. The minimum atomic E-state index is 0. The van der Waals surface area contributed by atoms with Gasteiger partial charge in [-0.25, -0.2) is 0 Å². The van der Waals surface area contributed by atoms with Gasteiger partial charge >= 0.3 is 51.4 Å². The molecule has 0 saturated heterocycles. The van der Waals surface area contributed by atoms with E-state index in [2.05, 4.69) is 0 Å². The van der Waals surface area contributed by atoms with E-state index >= 15 is 0 Å². The Morgan fingerprint density at radius 2 is 1.91 bits per heavy atom. The van der Waals surface area contributed by atoms with Crippen LogP contribution in [0, 0.1) is 6.42 Å². The van der Waals surface area contributed by atoms with Crippen molar-refractivity contribution in [2.24, 2.45) is 0 Å². The summed E-state index contributed by atoms with van der Waals surface area (Å²) < 4.78 is 5.10. The molecular weight excluding hydrogens is 163 g/mol. The number of rotatable bonds is 2. The summed E-state index contributed by atoms with van der Waals surface area (Å²) in [6.45, 7) is 2.00. The molecule has 0 amide bonds. The third-order valence-electron chi connectivity index (χ3n) is 1.45. The molecule has 1 rings (SSSR count). The van der Waals surface area contributed by atoms with Gasteiger partial charge in [0.15, 0.2) is 0 Å². The van der Waals surface area contributed by atoms with Crippen LogP contribution in [0.1, 0.15) is 12.5 Å². The summed E-state index contributed by atoms with van der Waals surface area (Å²) in [6, 6.07) is 7.94. The maximum absolute atomic E-state index is 5.10. The number of hydrogen-bond donors (Lipinski definition) is 0. The molecule has 1 aromatic rings. The predicted molar refractivity (Wildman–Crippen MR) is 49.2 cm³/mol. The molecule has 11 heavy (non-hydrogen) atoms. The number of methoxy groups -OCH3 is 1. The summed E-state index contributed by atoms with van der Waals surface area (Å²) >= 11 is 0. The van der Waals surface area contributed by atoms with Gasteiger partial charge in [0.25, 0.3) is 0 Å². The molecule has 0 N–H and O–H groups in total. The summed E-state index contributed by atoms with van der Waals surface area (Å²) in [5.74, 6) is 0.935. The van der Waals surface area contributed by atoms with E-state index in [1.807, 2.05) is 37.6 Å². The van der Waals surface area contributed by atoms with Crippen molar-refractivity contribution >= 4 is 51.4 Å². The average molecular weight is 175 g/mol. The zero-order valence-electron chi connectivity index (χ0n) is 6.29. The molecule has 0 aromatic heterocycles. The molecule has 1 nitrogen and oxygen atoms in total. The molecule has 0 fully saturated rings. The molecule has 0 atom stereocenters. The Morgan fingerprint density at radius 3 is 2.36 bits per heavy atom. The number of ether oxygens (including phenoxy) is 1. The fourth-order valence-electron chi connectivity index (χ4n) is 0.905. The average Bonchev–Trinajstić information content (AvgIpc) is 2.04. The predicted octanol–water partition coefficient (Wildman–Crippen LogP) is 1.62. The quantitative estimate of drug-likeness (QED) is 0.621. The molecule has 0 aliphatic carbocycles. The van der Waals surface area contributed by atoms with Crippen LogP contribution in [0.5, 0.6) is 5.75 Å². The Bertz CT molecular complexity index is 187. The van der Waals surface area contributed by atoms with Crippen molar-refractivity contribution in [1.82, 2.24) is 0 Å². The normalized spacial score (nSPS) is 8.55. The molecule has 0 heterocycles. The molecule has 1 aromatic carbocycles. The van der Waals surface area contributed by atoms with Crippen molar-refractivity contribution in [2.75, 3.05) is 7.11 Å². The second-order valence-corrected chi connectivity index (χ2v) is 2.03. The third kappa shape index (κ3) is 3.26. The fourth-order valence-corrected chi connectivity index (χ4v) is 0.905. The number of hydrogen-bond acceptors (Lipinski definition) is 1. The fraction of sp³-hybridized carbons (Fsp3) is 0.222. The monoisotopic (exact) mass is 175 g/mol. The van der Waals surface area contributed by atoms with E-state index in [9.17, 15) is 0 Å². The second-order valence-electron chi connectivity index (χ2n) is 2.03. The first kappa shape index (κ1) is 11.7. The standard InChI is InChI=1S/C9H11O.K.H/c1-3-8-6-4-5-7-9(8)10-2;;/h3-7H,1-2H3;;. The first-order valence-electron chi connectivity index (χ1n) is 3.31. The summed E-state index contributed by atoms with van der Waals surface area (Å²) in [6.07, 6.45) is 2.03. The molecule has 55 valence electrons. The molecule has 0 saturated carbocycles. The van der Waals surface area contributed by atoms with Crippen molar-refractivity contribution < 1.29 is 4.74 Å². The molecule has 0 unspecified atom stereocenters. The van der Waals surface area contributed by atoms with E-state index in [-0.39, 0.29) is 51.4 Å². The van der Waals surface area contributed by atoms with Crippen LogP contribution in [0.2, 0.25) is 0 Å². The molecule has 1 radical (unpaired) electrons. The Morgan fingerprint density at radius 1 is 1.27 bits per heavy atom. The van der Waals surface area contributed by atoms with E-state index < -0.39 is 0 Å². The van der Waals surface area contributed by atoms with Gasteiger partial charge in [0, 0.05) is 0 Å². The van der Waals surface area contributed by atoms with Crippen molar-refractivity contribution in [3.8, 4) is 5.75 Å². The molecule has 0 spiro atoms. The number of para-hydroxylation sites is 1. The van der Waals surface area contributed by atoms with Gasteiger partial charge in [-0.3, -0.25) is 0 Å². The van der Waals surface area contributed by atoms with Gasteiger partial charge in [0.1, 0.15) is 5.75 Å². The van der Waals surface area contributed by atoms with E-state index in [0.29, 0.717) is 0 Å². The maximum atomic E-state index is 5.10. The first-order valence-corrected chi connectivity index (χ1v) is 3.31. The van der Waals surface area contributed by atoms with Gasteiger partial charge in [-0.15, -0.1) is 0 Å². The van der Waals surface area contributed by atoms with E-state index in [1.165, 1.54) is 0 Å². The van der Waals surface area contributed by atoms with Crippen LogP contribution in [-0.2, 0) is 0 Å². The molecule has 2 heteroatoms. The van der Waals surface area contributed by atoms with Gasteiger partial charge in [-0.1, -0.05) is 25.1 Å². The van der Waals surface area contributed by atoms with E-state index in [0.717, 1.165) is 11.3 Å². The van der Waals surface area contributed by atoms with Crippen LogP contribution >= 0.6 is 0 Å². The zero-order valence-corrected chi connectivity index (χ0v) is 6.29. The Hall–Kier alpha value is 0.656. The molecule has 0 bridgehead atoms. The van der Waals surface area contributed by atoms with Crippen molar-refractivity contribution in [2.45, 2.75) is 6.92 Å². The zero-order chi connectivity index (χ0) is 7.40. The number of benzene rings is 1. The van der Waals surface area contributed by atoms with E-state index in [4.69, 9.17) is 4.74 Å². The van der Waals surface area contributed by atoms with Gasteiger partial charge < -0.3 is 4.74 Å². The first-order chi connectivity index (χ1) is 4.88. The van der Waals surface area contributed by atoms with Crippen LogP contribution in [-0.4, -0.2) is 58.5 Å². The third-order valence-corrected chi connectivity index (χ3v) is 1.45. The summed E-state index contributed by atoms with van der Waals surface area (Å²) in [7, 11) is 1.68. The van der Waals surface area contributed by atoms with Gasteiger partial charge in [-0.05, 0) is 18.1 Å². The van der Waals surface area contributed by atoms with E-state index in [1.54, 1.807) is 7.11 Å². The Kier molecular flexibility index (Phi) is 6.57. The van der Waals surface area contributed by atoms with Crippen LogP contribution < -0.4 is 4.74 Å². The van der Waals surface area contributed by atoms with Crippen molar-refractivity contribution in [1.29, 1.82) is 0 Å². The topological polar surface area (TPSA) is 9.23 Å². The Labute approximate surface area is 111 Å². The van der Waals surface area contributed by atoms with Crippen molar-refractivity contribution in [3.05, 3.63) is 36.2 Å². The van der Waals surface area contributed by atoms with Crippen molar-refractivity contribution in [3.63, 3.8) is 0 Å². The molecular formula is C9H12KO. The summed E-state index contributed by atoms with van der Waals surface area (Å²) in [4.78, 5) is 0. The van der Waals surface area contributed by atoms with Crippen LogP contribution in [0.15, 0.2) is 24.3 Å². The van der Waals surface area contributed by atoms with Crippen LogP contribution in [0.25, 0.3) is 0 Å². The van der Waals surface area contributed by atoms with Crippen LogP contribution in [0.4, 0.5) is 0 Å². The molecule has 0 aliphatic rings. The summed E-state index contributed by atoms with van der Waals surface area (Å²) in [5, 5.41) is 0.